The third-order valence-corrected chi connectivity index (χ3v) is 5.45. The van der Waals surface area contributed by atoms with Crippen molar-refractivity contribution in [3.05, 3.63) is 30.3 Å². The van der Waals surface area contributed by atoms with Crippen molar-refractivity contribution < 1.29 is 9.59 Å². The molecule has 1 aromatic carbocycles. The Kier molecular flexibility index (Phi) is 6.58. The average Bonchev–Trinajstić information content (AvgIpc) is 2.69. The van der Waals surface area contributed by atoms with E-state index in [1.165, 1.54) is 5.69 Å². The maximum Gasteiger partial charge on any atom is 0.317 e. The zero-order valence-electron chi connectivity index (χ0n) is 16.5. The molecule has 1 aromatic rings. The first-order valence-corrected chi connectivity index (χ1v) is 10.2. The fraction of sp³-hybridized carbons (Fsp3) is 0.619. The largest absolute Gasteiger partial charge is 0.371 e. The molecule has 0 aromatic heterocycles. The van der Waals surface area contributed by atoms with E-state index in [2.05, 4.69) is 39.8 Å². The van der Waals surface area contributed by atoms with Gasteiger partial charge in [0.1, 0.15) is 0 Å². The SMILES string of the molecule is CC(C)NC(=O)N1CCCC(C(=O)NC2CCN(c3ccccc3)CC2)C1. The number of rotatable bonds is 4. The Hall–Kier alpha value is -2.24. The molecule has 0 aliphatic carbocycles. The summed E-state index contributed by atoms with van der Waals surface area (Å²) < 4.78 is 0. The number of para-hydroxylation sites is 1. The van der Waals surface area contributed by atoms with Gasteiger partial charge in [-0.05, 0) is 51.7 Å². The highest BCUT2D eigenvalue weighted by atomic mass is 16.2. The highest BCUT2D eigenvalue weighted by Crippen LogP contribution is 2.21. The molecule has 0 spiro atoms. The number of nitrogens with one attached hydrogen (secondary N) is 2. The summed E-state index contributed by atoms with van der Waals surface area (Å²) in [5.74, 6) is 0.0130. The van der Waals surface area contributed by atoms with E-state index in [1.807, 2.05) is 19.9 Å². The summed E-state index contributed by atoms with van der Waals surface area (Å²) in [6.07, 6.45) is 3.67. The van der Waals surface area contributed by atoms with E-state index >= 15 is 0 Å². The van der Waals surface area contributed by atoms with Crippen LogP contribution in [-0.4, -0.2) is 55.1 Å². The second kappa shape index (κ2) is 9.11. The zero-order valence-corrected chi connectivity index (χ0v) is 16.5. The minimum atomic E-state index is -0.0937. The Bertz CT molecular complexity index is 626. The molecule has 27 heavy (non-hydrogen) atoms. The van der Waals surface area contributed by atoms with Crippen molar-refractivity contribution in [3.8, 4) is 0 Å². The standard InChI is InChI=1S/C21H32N4O2/c1-16(2)22-21(27)25-12-6-7-17(15-25)20(26)23-18-10-13-24(14-11-18)19-8-4-3-5-9-19/h3-5,8-9,16-18H,6-7,10-15H2,1-2H3,(H,22,27)(H,23,26). The normalized spacial score (nSPS) is 21.2. The van der Waals surface area contributed by atoms with Crippen molar-refractivity contribution >= 4 is 17.6 Å². The van der Waals surface area contributed by atoms with Gasteiger partial charge in [-0.2, -0.15) is 0 Å². The molecule has 0 bridgehead atoms. The first-order valence-electron chi connectivity index (χ1n) is 10.2. The molecule has 0 saturated carbocycles. The molecule has 2 N–H and O–H groups in total. The Morgan fingerprint density at radius 1 is 1.04 bits per heavy atom. The Labute approximate surface area is 162 Å². The first kappa shape index (κ1) is 19.5. The van der Waals surface area contributed by atoms with Crippen LogP contribution in [0.15, 0.2) is 30.3 Å². The lowest BCUT2D eigenvalue weighted by atomic mass is 9.96. The number of benzene rings is 1. The van der Waals surface area contributed by atoms with Crippen LogP contribution in [0.2, 0.25) is 0 Å². The topological polar surface area (TPSA) is 64.7 Å². The van der Waals surface area contributed by atoms with Crippen LogP contribution in [-0.2, 0) is 4.79 Å². The van der Waals surface area contributed by atoms with Crippen LogP contribution in [0, 0.1) is 5.92 Å². The second-order valence-electron chi connectivity index (χ2n) is 7.99. The molecule has 3 rings (SSSR count). The molecule has 2 aliphatic rings. The van der Waals surface area contributed by atoms with Crippen molar-refractivity contribution in [2.24, 2.45) is 5.92 Å². The first-order chi connectivity index (χ1) is 13.0. The number of carbonyl (C=O) groups is 2. The number of urea groups is 1. The number of amides is 3. The molecule has 148 valence electrons. The van der Waals surface area contributed by atoms with Gasteiger partial charge in [-0.15, -0.1) is 0 Å². The number of hydrogen-bond donors (Lipinski definition) is 2. The average molecular weight is 373 g/mol. The number of carbonyl (C=O) groups excluding carboxylic acids is 2. The summed E-state index contributed by atoms with van der Waals surface area (Å²) in [5, 5.41) is 6.16. The summed E-state index contributed by atoms with van der Waals surface area (Å²) >= 11 is 0. The molecule has 2 fully saturated rings. The Morgan fingerprint density at radius 3 is 2.41 bits per heavy atom. The molecular weight excluding hydrogens is 340 g/mol. The summed E-state index contributed by atoms with van der Waals surface area (Å²) in [7, 11) is 0. The van der Waals surface area contributed by atoms with Gasteiger partial charge < -0.3 is 20.4 Å². The fourth-order valence-corrected chi connectivity index (χ4v) is 3.95. The predicted molar refractivity (Wildman–Crippen MR) is 108 cm³/mol. The van der Waals surface area contributed by atoms with E-state index in [0.717, 1.165) is 45.3 Å². The summed E-state index contributed by atoms with van der Waals surface area (Å²) in [6, 6.07) is 10.7. The lowest BCUT2D eigenvalue weighted by Gasteiger charge is -2.36. The quantitative estimate of drug-likeness (QED) is 0.854. The molecule has 1 unspecified atom stereocenters. The number of anilines is 1. The molecule has 2 aliphatic heterocycles. The van der Waals surface area contributed by atoms with Gasteiger partial charge >= 0.3 is 6.03 Å². The molecule has 3 amide bonds. The lowest BCUT2D eigenvalue weighted by molar-refractivity contribution is -0.127. The molecule has 6 nitrogen and oxygen atoms in total. The molecule has 1 atom stereocenters. The number of nitrogens with zero attached hydrogens (tertiary/aromatic N) is 2. The summed E-state index contributed by atoms with van der Waals surface area (Å²) in [6.45, 7) is 7.08. The number of hydrogen-bond acceptors (Lipinski definition) is 3. The second-order valence-corrected chi connectivity index (χ2v) is 7.99. The van der Waals surface area contributed by atoms with Crippen molar-refractivity contribution in [2.75, 3.05) is 31.1 Å². The predicted octanol–water partition coefficient (Wildman–Crippen LogP) is 2.60. The van der Waals surface area contributed by atoms with Gasteiger partial charge in [0.25, 0.3) is 0 Å². The van der Waals surface area contributed by atoms with Gasteiger partial charge in [0.05, 0.1) is 5.92 Å². The van der Waals surface area contributed by atoms with Crippen LogP contribution >= 0.6 is 0 Å². The highest BCUT2D eigenvalue weighted by Gasteiger charge is 2.30. The Morgan fingerprint density at radius 2 is 1.74 bits per heavy atom. The highest BCUT2D eigenvalue weighted by molar-refractivity contribution is 5.81. The zero-order chi connectivity index (χ0) is 19.2. The number of likely N-dealkylation sites (tertiary alicyclic amines) is 1. The van der Waals surface area contributed by atoms with Gasteiger partial charge in [0, 0.05) is 44.0 Å². The maximum absolute atomic E-state index is 12.7. The molecule has 2 saturated heterocycles. The van der Waals surface area contributed by atoms with Crippen LogP contribution in [0.4, 0.5) is 10.5 Å². The van der Waals surface area contributed by atoms with Gasteiger partial charge in [-0.3, -0.25) is 4.79 Å². The fourth-order valence-electron chi connectivity index (χ4n) is 3.95. The van der Waals surface area contributed by atoms with E-state index in [-0.39, 0.29) is 29.9 Å². The van der Waals surface area contributed by atoms with E-state index < -0.39 is 0 Å². The third-order valence-electron chi connectivity index (χ3n) is 5.45. The van der Waals surface area contributed by atoms with E-state index in [1.54, 1.807) is 4.90 Å². The summed E-state index contributed by atoms with van der Waals surface area (Å²) in [5.41, 5.74) is 1.25. The van der Waals surface area contributed by atoms with Crippen LogP contribution in [0.25, 0.3) is 0 Å². The van der Waals surface area contributed by atoms with Crippen molar-refractivity contribution in [1.29, 1.82) is 0 Å². The van der Waals surface area contributed by atoms with E-state index in [0.29, 0.717) is 6.54 Å². The van der Waals surface area contributed by atoms with Crippen LogP contribution < -0.4 is 15.5 Å². The van der Waals surface area contributed by atoms with Crippen molar-refractivity contribution in [3.63, 3.8) is 0 Å². The van der Waals surface area contributed by atoms with Gasteiger partial charge in [0.2, 0.25) is 5.91 Å². The monoisotopic (exact) mass is 372 g/mol. The van der Waals surface area contributed by atoms with Gasteiger partial charge in [-0.25, -0.2) is 4.79 Å². The van der Waals surface area contributed by atoms with Crippen LogP contribution in [0.3, 0.4) is 0 Å². The molecule has 0 radical (unpaired) electrons. The van der Waals surface area contributed by atoms with Crippen LogP contribution in [0.5, 0.6) is 0 Å². The maximum atomic E-state index is 12.7. The summed E-state index contributed by atoms with van der Waals surface area (Å²) in [4.78, 5) is 29.1. The molecule has 6 heteroatoms. The van der Waals surface area contributed by atoms with Crippen molar-refractivity contribution in [2.45, 2.75) is 51.6 Å². The molecule has 2 heterocycles. The van der Waals surface area contributed by atoms with Gasteiger partial charge in [0.15, 0.2) is 0 Å². The molecular formula is C21H32N4O2. The van der Waals surface area contributed by atoms with Crippen LogP contribution in [0.1, 0.15) is 39.5 Å². The Balaban J connectivity index is 1.46. The van der Waals surface area contributed by atoms with Crippen molar-refractivity contribution in [1.82, 2.24) is 15.5 Å². The van der Waals surface area contributed by atoms with E-state index in [9.17, 15) is 9.59 Å². The minimum Gasteiger partial charge on any atom is -0.371 e. The lowest BCUT2D eigenvalue weighted by Crippen LogP contribution is -2.52. The van der Waals surface area contributed by atoms with E-state index in [4.69, 9.17) is 0 Å². The minimum absolute atomic E-state index is 0.0568. The van der Waals surface area contributed by atoms with Gasteiger partial charge in [-0.1, -0.05) is 18.2 Å². The smallest absolute Gasteiger partial charge is 0.317 e. The third kappa shape index (κ3) is 5.37. The number of piperidine rings is 2.